The summed E-state index contributed by atoms with van der Waals surface area (Å²) in [5, 5.41) is 14.3. The molecule has 1 saturated heterocycles. The van der Waals surface area contributed by atoms with Crippen LogP contribution in [0.25, 0.3) is 0 Å². The zero-order chi connectivity index (χ0) is 17.9. The van der Waals surface area contributed by atoms with E-state index < -0.39 is 0 Å². The number of likely N-dealkylation sites (tertiary alicyclic amines) is 1. The summed E-state index contributed by atoms with van der Waals surface area (Å²) in [5.74, 6) is 0.150. The van der Waals surface area contributed by atoms with E-state index in [0.29, 0.717) is 17.3 Å². The topological polar surface area (TPSA) is 77.7 Å². The normalized spacial score (nSPS) is 17.4. The second-order valence-electron chi connectivity index (χ2n) is 6.65. The molecule has 0 unspecified atom stereocenters. The summed E-state index contributed by atoms with van der Waals surface area (Å²) in [4.78, 5) is 14.6. The SMILES string of the molecule is O=C(c1[nH]ncc1Cl)N1CCC[C@@H](c2[nH]ncc2Cc2ccccc2)C1. The van der Waals surface area contributed by atoms with Crippen LogP contribution in [0.15, 0.2) is 42.7 Å². The van der Waals surface area contributed by atoms with E-state index in [4.69, 9.17) is 11.6 Å². The summed E-state index contributed by atoms with van der Waals surface area (Å²) in [6.07, 6.45) is 6.18. The second-order valence-corrected chi connectivity index (χ2v) is 7.06. The number of rotatable bonds is 4. The minimum atomic E-state index is -0.0960. The molecule has 1 aliphatic rings. The Morgan fingerprint density at radius 3 is 2.77 bits per heavy atom. The van der Waals surface area contributed by atoms with E-state index in [-0.39, 0.29) is 11.8 Å². The minimum absolute atomic E-state index is 0.0960. The van der Waals surface area contributed by atoms with E-state index in [0.717, 1.165) is 31.5 Å². The van der Waals surface area contributed by atoms with Crippen molar-refractivity contribution >= 4 is 17.5 Å². The third-order valence-corrected chi connectivity index (χ3v) is 5.20. The maximum absolute atomic E-state index is 12.7. The van der Waals surface area contributed by atoms with Crippen molar-refractivity contribution < 1.29 is 4.79 Å². The number of amides is 1. The maximum atomic E-state index is 12.7. The van der Waals surface area contributed by atoms with Crippen molar-refractivity contribution in [2.75, 3.05) is 13.1 Å². The van der Waals surface area contributed by atoms with Crippen molar-refractivity contribution in [3.8, 4) is 0 Å². The third kappa shape index (κ3) is 3.37. The molecule has 0 radical (unpaired) electrons. The van der Waals surface area contributed by atoms with Gasteiger partial charge in [-0.1, -0.05) is 41.9 Å². The summed E-state index contributed by atoms with van der Waals surface area (Å²) < 4.78 is 0. The number of nitrogens with one attached hydrogen (secondary N) is 2. The van der Waals surface area contributed by atoms with Crippen molar-refractivity contribution in [3.05, 3.63) is 70.3 Å². The first-order valence-corrected chi connectivity index (χ1v) is 9.14. The fourth-order valence-corrected chi connectivity index (χ4v) is 3.78. The number of hydrogen-bond donors (Lipinski definition) is 2. The lowest BCUT2D eigenvalue weighted by Crippen LogP contribution is -2.39. The number of hydrogen-bond acceptors (Lipinski definition) is 3. The molecule has 134 valence electrons. The number of H-pyrrole nitrogens is 2. The quantitative estimate of drug-likeness (QED) is 0.739. The van der Waals surface area contributed by atoms with E-state index in [1.807, 2.05) is 29.3 Å². The van der Waals surface area contributed by atoms with E-state index in [1.165, 1.54) is 17.3 Å². The minimum Gasteiger partial charge on any atom is -0.337 e. The number of aromatic nitrogens is 4. The van der Waals surface area contributed by atoms with Gasteiger partial charge in [-0.25, -0.2) is 0 Å². The Morgan fingerprint density at radius 2 is 2.00 bits per heavy atom. The van der Waals surface area contributed by atoms with Gasteiger partial charge >= 0.3 is 0 Å². The summed E-state index contributed by atoms with van der Waals surface area (Å²) >= 11 is 6.05. The van der Waals surface area contributed by atoms with E-state index >= 15 is 0 Å². The molecule has 0 spiro atoms. The third-order valence-electron chi connectivity index (χ3n) is 4.91. The Bertz CT molecular complexity index is 888. The maximum Gasteiger partial charge on any atom is 0.273 e. The number of aromatic amines is 2. The van der Waals surface area contributed by atoms with Gasteiger partial charge in [0.2, 0.25) is 0 Å². The lowest BCUT2D eigenvalue weighted by molar-refractivity contribution is 0.0699. The Balaban J connectivity index is 1.51. The van der Waals surface area contributed by atoms with Crippen LogP contribution in [0.3, 0.4) is 0 Å². The smallest absolute Gasteiger partial charge is 0.273 e. The van der Waals surface area contributed by atoms with E-state index in [2.05, 4.69) is 32.5 Å². The number of carbonyl (C=O) groups is 1. The highest BCUT2D eigenvalue weighted by atomic mass is 35.5. The van der Waals surface area contributed by atoms with Crippen LogP contribution in [0.2, 0.25) is 5.02 Å². The average Bonchev–Trinajstić information content (AvgIpc) is 3.31. The summed E-state index contributed by atoms with van der Waals surface area (Å²) in [6, 6.07) is 10.3. The number of carbonyl (C=O) groups excluding carboxylic acids is 1. The van der Waals surface area contributed by atoms with Crippen LogP contribution in [0, 0.1) is 0 Å². The predicted octanol–water partition coefficient (Wildman–Crippen LogP) is 3.40. The molecule has 0 aliphatic carbocycles. The van der Waals surface area contributed by atoms with Gasteiger partial charge in [0, 0.05) is 31.1 Å². The van der Waals surface area contributed by atoms with Crippen molar-refractivity contribution in [1.82, 2.24) is 25.3 Å². The predicted molar refractivity (Wildman–Crippen MR) is 99.3 cm³/mol. The molecule has 7 heteroatoms. The highest BCUT2D eigenvalue weighted by molar-refractivity contribution is 6.33. The lowest BCUT2D eigenvalue weighted by atomic mass is 9.90. The molecule has 4 rings (SSSR count). The van der Waals surface area contributed by atoms with Gasteiger partial charge in [-0.2, -0.15) is 10.2 Å². The first-order chi connectivity index (χ1) is 12.7. The highest BCUT2D eigenvalue weighted by Gasteiger charge is 2.29. The Labute approximate surface area is 156 Å². The fourth-order valence-electron chi connectivity index (χ4n) is 3.61. The van der Waals surface area contributed by atoms with Crippen LogP contribution in [0.1, 0.15) is 46.1 Å². The second kappa shape index (κ2) is 7.33. The van der Waals surface area contributed by atoms with Gasteiger partial charge in [0.05, 0.1) is 17.4 Å². The highest BCUT2D eigenvalue weighted by Crippen LogP contribution is 2.30. The number of halogens is 1. The van der Waals surface area contributed by atoms with Gasteiger partial charge in [0.15, 0.2) is 0 Å². The molecule has 1 fully saturated rings. The zero-order valence-corrected chi connectivity index (χ0v) is 15.0. The van der Waals surface area contributed by atoms with Crippen LogP contribution in [0.4, 0.5) is 0 Å². The van der Waals surface area contributed by atoms with Gasteiger partial charge in [0.25, 0.3) is 5.91 Å². The Kier molecular flexibility index (Phi) is 4.75. The molecular formula is C19H20ClN5O. The van der Waals surface area contributed by atoms with Crippen LogP contribution < -0.4 is 0 Å². The number of piperidine rings is 1. The van der Waals surface area contributed by atoms with Crippen LogP contribution in [-0.4, -0.2) is 44.3 Å². The lowest BCUT2D eigenvalue weighted by Gasteiger charge is -2.32. The first-order valence-electron chi connectivity index (χ1n) is 8.76. The largest absolute Gasteiger partial charge is 0.337 e. The fraction of sp³-hybridized carbons (Fsp3) is 0.316. The van der Waals surface area contributed by atoms with Gasteiger partial charge in [-0.3, -0.25) is 15.0 Å². The Hall–Kier alpha value is -2.60. The van der Waals surface area contributed by atoms with Gasteiger partial charge in [-0.15, -0.1) is 0 Å². The molecule has 26 heavy (non-hydrogen) atoms. The standard InChI is InChI=1S/C19H20ClN5O/c20-16-11-22-24-18(16)19(26)25-8-4-7-14(12-25)17-15(10-21-23-17)9-13-5-2-1-3-6-13/h1-3,5-6,10-11,14H,4,7-9,12H2,(H,21,23)(H,22,24)/t14-/m1/s1. The summed E-state index contributed by atoms with van der Waals surface area (Å²) in [7, 11) is 0. The molecular weight excluding hydrogens is 350 g/mol. The molecule has 1 aromatic carbocycles. The summed E-state index contributed by atoms with van der Waals surface area (Å²) in [6.45, 7) is 1.38. The number of benzene rings is 1. The molecule has 0 saturated carbocycles. The van der Waals surface area contributed by atoms with Crippen LogP contribution >= 0.6 is 11.6 Å². The zero-order valence-electron chi connectivity index (χ0n) is 14.3. The first kappa shape index (κ1) is 16.8. The molecule has 1 atom stereocenters. The molecule has 2 N–H and O–H groups in total. The molecule has 0 bridgehead atoms. The van der Waals surface area contributed by atoms with Crippen molar-refractivity contribution in [2.45, 2.75) is 25.2 Å². The molecule has 3 aromatic rings. The van der Waals surface area contributed by atoms with Crippen LogP contribution in [0.5, 0.6) is 0 Å². The van der Waals surface area contributed by atoms with Gasteiger partial charge in [0.1, 0.15) is 5.69 Å². The molecule has 6 nitrogen and oxygen atoms in total. The Morgan fingerprint density at radius 1 is 1.19 bits per heavy atom. The van der Waals surface area contributed by atoms with Gasteiger partial charge in [-0.05, 0) is 24.0 Å². The van der Waals surface area contributed by atoms with Crippen LogP contribution in [-0.2, 0) is 6.42 Å². The van der Waals surface area contributed by atoms with E-state index in [9.17, 15) is 4.79 Å². The van der Waals surface area contributed by atoms with Crippen molar-refractivity contribution in [1.29, 1.82) is 0 Å². The van der Waals surface area contributed by atoms with Crippen molar-refractivity contribution in [2.24, 2.45) is 0 Å². The monoisotopic (exact) mass is 369 g/mol. The number of nitrogens with zero attached hydrogens (tertiary/aromatic N) is 3. The summed E-state index contributed by atoms with van der Waals surface area (Å²) in [5.41, 5.74) is 3.93. The molecule has 2 aromatic heterocycles. The molecule has 3 heterocycles. The average molecular weight is 370 g/mol. The van der Waals surface area contributed by atoms with E-state index in [1.54, 1.807) is 0 Å². The molecule has 1 amide bonds. The van der Waals surface area contributed by atoms with Crippen molar-refractivity contribution in [3.63, 3.8) is 0 Å². The molecule has 1 aliphatic heterocycles. The van der Waals surface area contributed by atoms with Gasteiger partial charge < -0.3 is 4.90 Å².